The number of rotatable bonds is 2. The Hall–Kier alpha value is -3.92. The molecule has 5 aromatic rings. The largest absolute Gasteiger partial charge is 0.306 e. The third-order valence-electron chi connectivity index (χ3n) is 7.43. The van der Waals surface area contributed by atoms with Gasteiger partial charge in [-0.1, -0.05) is 59.7 Å². The first-order valence-electron chi connectivity index (χ1n) is 12.2. The van der Waals surface area contributed by atoms with Crippen molar-refractivity contribution in [3.8, 4) is 22.3 Å². The van der Waals surface area contributed by atoms with Gasteiger partial charge in [0.05, 0.1) is 11.0 Å². The summed E-state index contributed by atoms with van der Waals surface area (Å²) in [4.78, 5) is 27.7. The molecule has 1 aliphatic rings. The second-order valence-corrected chi connectivity index (χ2v) is 9.96. The number of pyridine rings is 2. The molecule has 1 aliphatic heterocycles. The van der Waals surface area contributed by atoms with Crippen LogP contribution in [0.3, 0.4) is 0 Å². The maximum absolute atomic E-state index is 13.8. The molecule has 0 amide bonds. The van der Waals surface area contributed by atoms with Gasteiger partial charge < -0.3 is 9.13 Å². The van der Waals surface area contributed by atoms with Crippen LogP contribution in [0.5, 0.6) is 0 Å². The molecule has 0 bridgehead atoms. The number of hydrogen-bond donors (Lipinski definition) is 0. The van der Waals surface area contributed by atoms with E-state index in [1.807, 2.05) is 35.1 Å². The Balaban J connectivity index is 1.71. The highest BCUT2D eigenvalue weighted by Crippen LogP contribution is 2.33. The van der Waals surface area contributed by atoms with Crippen molar-refractivity contribution >= 4 is 21.8 Å². The van der Waals surface area contributed by atoms with Gasteiger partial charge >= 0.3 is 0 Å². The molecule has 0 fully saturated rings. The highest BCUT2D eigenvalue weighted by atomic mass is 16.1. The van der Waals surface area contributed by atoms with Crippen molar-refractivity contribution in [1.82, 2.24) is 9.13 Å². The topological polar surface area (TPSA) is 44.0 Å². The summed E-state index contributed by atoms with van der Waals surface area (Å²) in [5, 5.41) is 1.98. The fourth-order valence-corrected chi connectivity index (χ4v) is 5.59. The lowest BCUT2D eigenvalue weighted by Gasteiger charge is -2.16. The molecular formula is C31H28N2O2. The number of benzene rings is 3. The molecule has 0 unspecified atom stereocenters. The standard InChI is InChI=1S/C31H28N2O2/c1-18-6-8-20(3)24(14-18)26-16-22-10-11-23-17-27(25-15-19(2)7-9-21(25)4)31(35)33-13-5-12-32(30(26)34)28(22)29(23)33/h6-11,14-17H,5,12-13H2,1-4H3. The van der Waals surface area contributed by atoms with Crippen LogP contribution in [0.1, 0.15) is 28.7 Å². The molecule has 0 atom stereocenters. The van der Waals surface area contributed by atoms with Gasteiger partial charge in [0.1, 0.15) is 0 Å². The summed E-state index contributed by atoms with van der Waals surface area (Å²) in [6.07, 6.45) is 0.727. The third kappa shape index (κ3) is 3.28. The Morgan fingerprint density at radius 2 is 0.971 bits per heavy atom. The van der Waals surface area contributed by atoms with E-state index in [4.69, 9.17) is 0 Å². The number of aryl methyl sites for hydroxylation is 6. The Labute approximate surface area is 204 Å². The summed E-state index contributed by atoms with van der Waals surface area (Å²) in [7, 11) is 0. The van der Waals surface area contributed by atoms with Gasteiger partial charge in [-0.25, -0.2) is 0 Å². The van der Waals surface area contributed by atoms with Crippen molar-refractivity contribution in [2.75, 3.05) is 0 Å². The van der Waals surface area contributed by atoms with E-state index in [-0.39, 0.29) is 11.1 Å². The van der Waals surface area contributed by atoms with Crippen LogP contribution in [-0.4, -0.2) is 9.13 Å². The number of hydrogen-bond acceptors (Lipinski definition) is 2. The van der Waals surface area contributed by atoms with Crippen molar-refractivity contribution in [3.63, 3.8) is 0 Å². The number of aromatic nitrogens is 2. The predicted octanol–water partition coefficient (Wildman–Crippen LogP) is 6.29. The van der Waals surface area contributed by atoms with Gasteiger partial charge in [-0.2, -0.15) is 0 Å². The molecule has 3 aromatic carbocycles. The Bertz CT molecular complexity index is 1670. The average molecular weight is 461 g/mol. The van der Waals surface area contributed by atoms with E-state index in [9.17, 15) is 9.59 Å². The first-order valence-corrected chi connectivity index (χ1v) is 12.2. The summed E-state index contributed by atoms with van der Waals surface area (Å²) in [6.45, 7) is 9.38. The lowest BCUT2D eigenvalue weighted by atomic mass is 9.96. The molecule has 0 aliphatic carbocycles. The van der Waals surface area contributed by atoms with E-state index >= 15 is 0 Å². The van der Waals surface area contributed by atoms with Crippen molar-refractivity contribution in [2.45, 2.75) is 47.2 Å². The maximum atomic E-state index is 13.8. The molecule has 0 spiro atoms. The summed E-state index contributed by atoms with van der Waals surface area (Å²) in [5.74, 6) is 0. The van der Waals surface area contributed by atoms with E-state index in [0.717, 1.165) is 72.7 Å². The molecule has 35 heavy (non-hydrogen) atoms. The van der Waals surface area contributed by atoms with Gasteiger partial charge in [0, 0.05) is 35.0 Å². The SMILES string of the molecule is Cc1ccc(C)c(-c2cc3ccc4cc(-c5cc(C)ccc5C)c(=O)n5c4c3n(c2=O)CCC5)c1. The van der Waals surface area contributed by atoms with E-state index in [2.05, 4.69) is 62.4 Å². The minimum absolute atomic E-state index is 0.0122. The van der Waals surface area contributed by atoms with Crippen molar-refractivity contribution in [2.24, 2.45) is 0 Å². The van der Waals surface area contributed by atoms with Crippen molar-refractivity contribution < 1.29 is 0 Å². The zero-order valence-corrected chi connectivity index (χ0v) is 20.6. The Morgan fingerprint density at radius 3 is 1.40 bits per heavy atom. The molecule has 0 saturated carbocycles. The quantitative estimate of drug-likeness (QED) is 0.291. The highest BCUT2D eigenvalue weighted by Gasteiger charge is 2.21. The fourth-order valence-electron chi connectivity index (χ4n) is 5.59. The monoisotopic (exact) mass is 460 g/mol. The van der Waals surface area contributed by atoms with E-state index < -0.39 is 0 Å². The molecule has 6 rings (SSSR count). The minimum atomic E-state index is 0.0122. The zero-order chi connectivity index (χ0) is 24.4. The first-order chi connectivity index (χ1) is 16.8. The summed E-state index contributed by atoms with van der Waals surface area (Å²) < 4.78 is 3.80. The van der Waals surface area contributed by atoms with Gasteiger partial charge in [0.25, 0.3) is 11.1 Å². The second-order valence-electron chi connectivity index (χ2n) is 9.96. The lowest BCUT2D eigenvalue weighted by molar-refractivity contribution is 0.581. The van der Waals surface area contributed by atoms with Crippen LogP contribution < -0.4 is 11.1 Å². The van der Waals surface area contributed by atoms with Crippen LogP contribution in [-0.2, 0) is 13.1 Å². The van der Waals surface area contributed by atoms with Gasteiger partial charge in [0.15, 0.2) is 0 Å². The van der Waals surface area contributed by atoms with Crippen LogP contribution in [0.4, 0.5) is 0 Å². The smallest absolute Gasteiger partial charge is 0.258 e. The number of nitrogens with zero attached hydrogens (tertiary/aromatic N) is 2. The summed E-state index contributed by atoms with van der Waals surface area (Å²) in [5.41, 5.74) is 9.60. The normalized spacial score (nSPS) is 13.0. The lowest BCUT2D eigenvalue weighted by Crippen LogP contribution is -2.23. The summed E-state index contributed by atoms with van der Waals surface area (Å²) in [6, 6.07) is 20.7. The van der Waals surface area contributed by atoms with Crippen LogP contribution in [0.15, 0.2) is 70.3 Å². The fraction of sp³-hybridized carbons (Fsp3) is 0.226. The molecule has 0 N–H and O–H groups in total. The zero-order valence-electron chi connectivity index (χ0n) is 20.6. The molecular weight excluding hydrogens is 432 g/mol. The van der Waals surface area contributed by atoms with Crippen LogP contribution in [0, 0.1) is 27.7 Å². The van der Waals surface area contributed by atoms with Crippen LogP contribution in [0.2, 0.25) is 0 Å². The van der Waals surface area contributed by atoms with E-state index in [0.29, 0.717) is 13.1 Å². The molecule has 0 saturated heterocycles. The Kier molecular flexibility index (Phi) is 4.82. The minimum Gasteiger partial charge on any atom is -0.306 e. The van der Waals surface area contributed by atoms with Crippen LogP contribution in [0.25, 0.3) is 44.1 Å². The molecule has 2 aromatic heterocycles. The van der Waals surface area contributed by atoms with Gasteiger partial charge in [-0.05, 0) is 68.5 Å². The first kappa shape index (κ1) is 21.6. The second kappa shape index (κ2) is 7.81. The van der Waals surface area contributed by atoms with E-state index in [1.54, 1.807) is 0 Å². The van der Waals surface area contributed by atoms with E-state index in [1.165, 1.54) is 0 Å². The molecule has 3 heterocycles. The predicted molar refractivity (Wildman–Crippen MR) is 144 cm³/mol. The Morgan fingerprint density at radius 1 is 0.543 bits per heavy atom. The van der Waals surface area contributed by atoms with Crippen LogP contribution >= 0.6 is 0 Å². The maximum Gasteiger partial charge on any atom is 0.258 e. The summed E-state index contributed by atoms with van der Waals surface area (Å²) >= 11 is 0. The van der Waals surface area contributed by atoms with Gasteiger partial charge in [-0.3, -0.25) is 9.59 Å². The third-order valence-corrected chi connectivity index (χ3v) is 7.43. The van der Waals surface area contributed by atoms with Gasteiger partial charge in [0.2, 0.25) is 0 Å². The van der Waals surface area contributed by atoms with Crippen molar-refractivity contribution in [3.05, 3.63) is 104 Å². The highest BCUT2D eigenvalue weighted by molar-refractivity contribution is 6.05. The molecule has 174 valence electrons. The molecule has 0 radical (unpaired) electrons. The van der Waals surface area contributed by atoms with Crippen molar-refractivity contribution in [1.29, 1.82) is 0 Å². The molecule has 4 nitrogen and oxygen atoms in total. The molecule has 4 heteroatoms. The van der Waals surface area contributed by atoms with Gasteiger partial charge in [-0.15, -0.1) is 0 Å². The average Bonchev–Trinajstić information content (AvgIpc) is 3.05.